The van der Waals surface area contributed by atoms with E-state index in [0.717, 1.165) is 50.0 Å². The first kappa shape index (κ1) is 21.2. The molecule has 170 valence electrons. The maximum atomic E-state index is 13.5. The molecule has 0 atom stereocenters. The van der Waals surface area contributed by atoms with Crippen LogP contribution in [0.25, 0.3) is 54.2 Å². The van der Waals surface area contributed by atoms with Crippen molar-refractivity contribution in [2.24, 2.45) is 0 Å². The van der Waals surface area contributed by atoms with E-state index in [-0.39, 0.29) is 10.9 Å². The predicted octanol–water partition coefficient (Wildman–Crippen LogP) is 8.68. The summed E-state index contributed by atoms with van der Waals surface area (Å²) in [5.74, 6) is -1.40. The number of alkyl halides is 3. The number of hydrogen-bond donors (Lipinski definition) is 1. The molecule has 0 aliphatic rings. The Balaban J connectivity index is 1.76. The second-order valence-corrected chi connectivity index (χ2v) is 8.62. The highest BCUT2D eigenvalue weighted by molar-refractivity contribution is 6.20. The number of fused-ring (bicyclic) bond motifs is 5. The SMILES string of the molecule is O=C(O)c1cc(C(F)(F)F)cc2cccc(-c3cccc4ccc5cc6ccccc6cc5c34)c12. The lowest BCUT2D eigenvalue weighted by molar-refractivity contribution is -0.137. The number of hydrogen-bond acceptors (Lipinski definition) is 1. The normalized spacial score (nSPS) is 12.1. The molecule has 0 aromatic heterocycles. The van der Waals surface area contributed by atoms with E-state index in [0.29, 0.717) is 10.9 Å². The van der Waals surface area contributed by atoms with Crippen LogP contribution in [-0.2, 0) is 6.18 Å². The molecule has 0 heterocycles. The van der Waals surface area contributed by atoms with Crippen LogP contribution in [0.15, 0.2) is 97.1 Å². The van der Waals surface area contributed by atoms with Gasteiger partial charge in [-0.15, -0.1) is 0 Å². The van der Waals surface area contributed by atoms with Crippen LogP contribution < -0.4 is 0 Å². The molecule has 6 rings (SSSR count). The Bertz CT molecular complexity index is 1820. The maximum Gasteiger partial charge on any atom is 0.416 e. The molecule has 0 saturated carbocycles. The summed E-state index contributed by atoms with van der Waals surface area (Å²) >= 11 is 0. The van der Waals surface area contributed by atoms with Crippen molar-refractivity contribution in [3.63, 3.8) is 0 Å². The highest BCUT2D eigenvalue weighted by Crippen LogP contribution is 2.41. The number of benzene rings is 6. The summed E-state index contributed by atoms with van der Waals surface area (Å²) in [6.45, 7) is 0. The van der Waals surface area contributed by atoms with Crippen LogP contribution in [0, 0.1) is 0 Å². The zero-order chi connectivity index (χ0) is 24.3. The Morgan fingerprint density at radius 1 is 0.600 bits per heavy atom. The Labute approximate surface area is 197 Å². The number of carboxylic acids is 1. The lowest BCUT2D eigenvalue weighted by Gasteiger charge is -2.16. The Morgan fingerprint density at radius 3 is 1.89 bits per heavy atom. The molecule has 0 radical (unpaired) electrons. The van der Waals surface area contributed by atoms with Gasteiger partial charge in [0.2, 0.25) is 0 Å². The second kappa shape index (κ2) is 7.57. The minimum absolute atomic E-state index is 0.234. The van der Waals surface area contributed by atoms with E-state index in [4.69, 9.17) is 0 Å². The van der Waals surface area contributed by atoms with E-state index in [2.05, 4.69) is 18.2 Å². The van der Waals surface area contributed by atoms with Gasteiger partial charge in [0.25, 0.3) is 0 Å². The summed E-state index contributed by atoms with van der Waals surface area (Å²) in [6, 6.07) is 28.8. The molecule has 6 aromatic carbocycles. The summed E-state index contributed by atoms with van der Waals surface area (Å²) in [6.07, 6.45) is -4.65. The molecule has 35 heavy (non-hydrogen) atoms. The van der Waals surface area contributed by atoms with Gasteiger partial charge in [0.1, 0.15) is 0 Å². The van der Waals surface area contributed by atoms with E-state index < -0.39 is 17.7 Å². The van der Waals surface area contributed by atoms with E-state index >= 15 is 0 Å². The summed E-state index contributed by atoms with van der Waals surface area (Å²) in [4.78, 5) is 12.1. The fraction of sp³-hybridized carbons (Fsp3) is 0.0333. The van der Waals surface area contributed by atoms with Gasteiger partial charge in [-0.05, 0) is 73.1 Å². The molecule has 0 fully saturated rings. The topological polar surface area (TPSA) is 37.3 Å². The fourth-order valence-electron chi connectivity index (χ4n) is 5.01. The molecule has 1 N–H and O–H groups in total. The van der Waals surface area contributed by atoms with Crippen LogP contribution in [0.3, 0.4) is 0 Å². The van der Waals surface area contributed by atoms with Gasteiger partial charge in [0.05, 0.1) is 11.1 Å². The van der Waals surface area contributed by atoms with Gasteiger partial charge in [0.15, 0.2) is 0 Å². The van der Waals surface area contributed by atoms with Crippen LogP contribution in [-0.4, -0.2) is 11.1 Å². The van der Waals surface area contributed by atoms with Crippen molar-refractivity contribution in [1.82, 2.24) is 0 Å². The van der Waals surface area contributed by atoms with Crippen LogP contribution in [0.5, 0.6) is 0 Å². The third-order valence-electron chi connectivity index (χ3n) is 6.55. The Morgan fingerprint density at radius 2 is 1.20 bits per heavy atom. The van der Waals surface area contributed by atoms with Crippen LogP contribution in [0.4, 0.5) is 13.2 Å². The van der Waals surface area contributed by atoms with Crippen molar-refractivity contribution in [3.05, 3.63) is 108 Å². The summed E-state index contributed by atoms with van der Waals surface area (Å²) in [5, 5.41) is 16.5. The molecule has 0 saturated heterocycles. The second-order valence-electron chi connectivity index (χ2n) is 8.62. The molecule has 0 aliphatic carbocycles. The number of halogens is 3. The minimum atomic E-state index is -4.65. The number of rotatable bonds is 2. The van der Waals surface area contributed by atoms with Gasteiger partial charge in [-0.1, -0.05) is 72.8 Å². The van der Waals surface area contributed by atoms with E-state index in [1.807, 2.05) is 48.5 Å². The van der Waals surface area contributed by atoms with Gasteiger partial charge in [-0.25, -0.2) is 4.79 Å². The maximum absolute atomic E-state index is 13.5. The molecule has 6 aromatic rings. The first-order valence-electron chi connectivity index (χ1n) is 11.0. The Hall–Kier alpha value is -4.38. The van der Waals surface area contributed by atoms with E-state index in [1.165, 1.54) is 6.07 Å². The number of carboxylic acid groups (broad SMARTS) is 1. The Kier molecular flexibility index (Phi) is 4.58. The van der Waals surface area contributed by atoms with Crippen LogP contribution in [0.1, 0.15) is 15.9 Å². The molecule has 0 spiro atoms. The number of carbonyl (C=O) groups is 1. The molecule has 0 aliphatic heterocycles. The van der Waals surface area contributed by atoms with Crippen molar-refractivity contribution >= 4 is 49.1 Å². The summed E-state index contributed by atoms with van der Waals surface area (Å²) in [7, 11) is 0. The molecule has 0 bridgehead atoms. The fourth-order valence-corrected chi connectivity index (χ4v) is 5.01. The van der Waals surface area contributed by atoms with Crippen LogP contribution in [0.2, 0.25) is 0 Å². The molecule has 2 nitrogen and oxygen atoms in total. The zero-order valence-electron chi connectivity index (χ0n) is 18.2. The first-order valence-corrected chi connectivity index (χ1v) is 11.0. The minimum Gasteiger partial charge on any atom is -0.478 e. The largest absolute Gasteiger partial charge is 0.478 e. The molecular formula is C30H17F3O2. The van der Waals surface area contributed by atoms with Crippen molar-refractivity contribution in [1.29, 1.82) is 0 Å². The van der Waals surface area contributed by atoms with E-state index in [9.17, 15) is 23.1 Å². The summed E-state index contributed by atoms with van der Waals surface area (Å²) < 4.78 is 40.5. The summed E-state index contributed by atoms with van der Waals surface area (Å²) in [5.41, 5.74) is 0.0126. The average Bonchev–Trinajstić information content (AvgIpc) is 2.85. The third-order valence-corrected chi connectivity index (χ3v) is 6.55. The molecular weight excluding hydrogens is 449 g/mol. The molecule has 0 unspecified atom stereocenters. The van der Waals surface area contributed by atoms with Crippen molar-refractivity contribution < 1.29 is 23.1 Å². The average molecular weight is 466 g/mol. The molecule has 0 amide bonds. The van der Waals surface area contributed by atoms with Gasteiger partial charge in [0, 0.05) is 5.39 Å². The van der Waals surface area contributed by atoms with Gasteiger partial charge >= 0.3 is 12.1 Å². The predicted molar refractivity (Wildman–Crippen MR) is 134 cm³/mol. The first-order chi connectivity index (χ1) is 16.8. The van der Waals surface area contributed by atoms with Crippen molar-refractivity contribution in [2.45, 2.75) is 6.18 Å². The van der Waals surface area contributed by atoms with Crippen molar-refractivity contribution in [2.75, 3.05) is 0 Å². The smallest absolute Gasteiger partial charge is 0.416 e. The monoisotopic (exact) mass is 466 g/mol. The standard InChI is InChI=1S/C30H17F3O2/c31-30(32,33)22-14-21-8-4-10-24(28(21)26(16-22)29(34)35)23-9-3-7-17-11-12-20-13-18-5-1-2-6-19(18)15-25(20)27(17)23/h1-16H,(H,34,35). The highest BCUT2D eigenvalue weighted by atomic mass is 19.4. The quantitative estimate of drug-likeness (QED) is 0.205. The van der Waals surface area contributed by atoms with Gasteiger partial charge < -0.3 is 5.11 Å². The number of aromatic carboxylic acids is 1. The third kappa shape index (κ3) is 3.39. The van der Waals surface area contributed by atoms with Crippen molar-refractivity contribution in [3.8, 4) is 11.1 Å². The van der Waals surface area contributed by atoms with Crippen LogP contribution >= 0.6 is 0 Å². The van der Waals surface area contributed by atoms with E-state index in [1.54, 1.807) is 12.1 Å². The molecule has 5 heteroatoms. The van der Waals surface area contributed by atoms with Gasteiger partial charge in [-0.3, -0.25) is 0 Å². The lowest BCUT2D eigenvalue weighted by atomic mass is 9.88. The lowest BCUT2D eigenvalue weighted by Crippen LogP contribution is -2.08. The van der Waals surface area contributed by atoms with Gasteiger partial charge in [-0.2, -0.15) is 13.2 Å². The highest BCUT2D eigenvalue weighted by Gasteiger charge is 2.32. The zero-order valence-corrected chi connectivity index (χ0v) is 18.2.